The molecule has 0 N–H and O–H groups in total. The molecule has 0 saturated carbocycles. The topological polar surface area (TPSA) is 85.6 Å². The highest BCUT2D eigenvalue weighted by Gasteiger charge is 2.30. The number of benzene rings is 2. The molecule has 8 heteroatoms. The zero-order valence-electron chi connectivity index (χ0n) is 17.1. The molecule has 0 saturated heterocycles. The molecule has 0 radical (unpaired) electrons. The van der Waals surface area contributed by atoms with Crippen molar-refractivity contribution in [1.29, 1.82) is 0 Å². The second-order valence-corrected chi connectivity index (χ2v) is 5.84. The molecule has 2 aromatic carbocycles. The van der Waals surface area contributed by atoms with Crippen LogP contribution in [0.25, 0.3) is 22.1 Å². The Morgan fingerprint density at radius 2 is 1.28 bits per heavy atom. The fourth-order valence-electron chi connectivity index (χ4n) is 3.28. The van der Waals surface area contributed by atoms with E-state index in [9.17, 15) is 4.79 Å². The molecule has 3 aromatic rings. The van der Waals surface area contributed by atoms with Gasteiger partial charge in [-0.25, -0.2) is 0 Å². The molecule has 0 aliphatic carbocycles. The summed E-state index contributed by atoms with van der Waals surface area (Å²) in [6.45, 7) is 0. The van der Waals surface area contributed by atoms with Crippen LogP contribution in [0.4, 0.5) is 0 Å². The summed E-state index contributed by atoms with van der Waals surface area (Å²) in [6.07, 6.45) is 0. The van der Waals surface area contributed by atoms with Gasteiger partial charge in [-0.05, 0) is 6.07 Å². The Kier molecular flexibility index (Phi) is 5.72. The van der Waals surface area contributed by atoms with E-state index in [1.165, 1.54) is 42.7 Å². The van der Waals surface area contributed by atoms with Crippen LogP contribution < -0.4 is 33.8 Å². The summed E-state index contributed by atoms with van der Waals surface area (Å²) >= 11 is 0. The van der Waals surface area contributed by atoms with E-state index in [0.29, 0.717) is 11.3 Å². The minimum absolute atomic E-state index is 0.000395. The van der Waals surface area contributed by atoms with Crippen LogP contribution in [-0.2, 0) is 0 Å². The summed E-state index contributed by atoms with van der Waals surface area (Å²) in [6, 6.07) is 7.07. The van der Waals surface area contributed by atoms with Crippen LogP contribution in [0.5, 0.6) is 34.7 Å². The van der Waals surface area contributed by atoms with E-state index in [2.05, 4.69) is 0 Å². The molecule has 0 aliphatic heterocycles. The molecule has 154 valence electrons. The monoisotopic (exact) mass is 402 g/mol. The van der Waals surface area contributed by atoms with Gasteiger partial charge in [-0.15, -0.1) is 0 Å². The molecule has 0 spiro atoms. The quantitative estimate of drug-likeness (QED) is 0.594. The second kappa shape index (κ2) is 8.22. The summed E-state index contributed by atoms with van der Waals surface area (Å²) in [4.78, 5) is 13.7. The van der Waals surface area contributed by atoms with Gasteiger partial charge in [0, 0.05) is 5.56 Å². The largest absolute Gasteiger partial charge is 0.496 e. The number of methoxy groups -OCH3 is 6. The summed E-state index contributed by atoms with van der Waals surface area (Å²) in [5.41, 5.74) is 0.412. The van der Waals surface area contributed by atoms with Crippen LogP contribution in [0.2, 0.25) is 0 Å². The molecular formula is C21H22O8. The van der Waals surface area contributed by atoms with Gasteiger partial charge < -0.3 is 32.8 Å². The highest BCUT2D eigenvalue weighted by atomic mass is 16.6. The van der Waals surface area contributed by atoms with Gasteiger partial charge in [0.2, 0.25) is 22.7 Å². The first-order valence-electron chi connectivity index (χ1n) is 8.61. The predicted octanol–water partition coefficient (Wildman–Crippen LogP) is 3.51. The zero-order valence-corrected chi connectivity index (χ0v) is 17.1. The van der Waals surface area contributed by atoms with Crippen LogP contribution in [-0.4, -0.2) is 42.7 Å². The molecule has 0 aliphatic rings. The molecule has 1 heterocycles. The minimum atomic E-state index is -0.399. The first-order valence-corrected chi connectivity index (χ1v) is 8.61. The Balaban J connectivity index is 2.58. The third kappa shape index (κ3) is 3.06. The Bertz CT molecular complexity index is 1100. The van der Waals surface area contributed by atoms with Crippen molar-refractivity contribution in [3.8, 4) is 45.8 Å². The third-order valence-electron chi connectivity index (χ3n) is 4.51. The van der Waals surface area contributed by atoms with Gasteiger partial charge in [0.1, 0.15) is 16.7 Å². The highest BCUT2D eigenvalue weighted by Crippen LogP contribution is 2.51. The van der Waals surface area contributed by atoms with Gasteiger partial charge >= 0.3 is 0 Å². The number of para-hydroxylation sites is 1. The third-order valence-corrected chi connectivity index (χ3v) is 4.51. The maximum Gasteiger partial charge on any atom is 0.297 e. The van der Waals surface area contributed by atoms with Gasteiger partial charge in [-0.3, -0.25) is 4.79 Å². The number of rotatable bonds is 7. The Labute approximate surface area is 167 Å². The molecule has 8 nitrogen and oxygen atoms in total. The van der Waals surface area contributed by atoms with E-state index in [0.717, 1.165) is 0 Å². The van der Waals surface area contributed by atoms with Gasteiger partial charge in [-0.2, -0.15) is 0 Å². The molecule has 0 fully saturated rings. The number of hydrogen-bond acceptors (Lipinski definition) is 8. The zero-order chi connectivity index (χ0) is 21.1. The van der Waals surface area contributed by atoms with E-state index < -0.39 is 5.43 Å². The molecule has 1 aromatic heterocycles. The molecule has 0 bridgehead atoms. The molecular weight excluding hydrogens is 380 g/mol. The van der Waals surface area contributed by atoms with Crippen molar-refractivity contribution in [3.05, 3.63) is 34.5 Å². The average molecular weight is 402 g/mol. The Hall–Kier alpha value is -3.55. The molecule has 0 unspecified atom stereocenters. The van der Waals surface area contributed by atoms with Crippen LogP contribution in [0.3, 0.4) is 0 Å². The fourth-order valence-corrected chi connectivity index (χ4v) is 3.28. The van der Waals surface area contributed by atoms with Crippen molar-refractivity contribution < 1.29 is 32.8 Å². The van der Waals surface area contributed by atoms with Crippen molar-refractivity contribution in [2.45, 2.75) is 0 Å². The van der Waals surface area contributed by atoms with Crippen LogP contribution in [0.15, 0.2) is 33.5 Å². The second-order valence-electron chi connectivity index (χ2n) is 5.84. The van der Waals surface area contributed by atoms with Gasteiger partial charge in [0.25, 0.3) is 5.95 Å². The van der Waals surface area contributed by atoms with Crippen LogP contribution in [0.1, 0.15) is 0 Å². The number of fused-ring (bicyclic) bond motifs is 1. The standard InChI is InChI=1S/C21H22O8/c1-23-12-10-8-7-9-11(12)13-15(22)14-16(24-2)18(25-3)20(27-5)19(26-4)17(14)29-21(13)28-6/h7-10H,1-6H3. The maximum atomic E-state index is 13.7. The maximum absolute atomic E-state index is 13.7. The highest BCUT2D eigenvalue weighted by molar-refractivity contribution is 5.98. The lowest BCUT2D eigenvalue weighted by Gasteiger charge is -2.19. The van der Waals surface area contributed by atoms with Crippen molar-refractivity contribution in [2.75, 3.05) is 42.7 Å². The Morgan fingerprint density at radius 3 is 1.83 bits per heavy atom. The van der Waals surface area contributed by atoms with E-state index in [4.69, 9.17) is 32.8 Å². The molecule has 29 heavy (non-hydrogen) atoms. The van der Waals surface area contributed by atoms with Crippen molar-refractivity contribution in [2.24, 2.45) is 0 Å². The van der Waals surface area contributed by atoms with E-state index in [1.54, 1.807) is 24.3 Å². The van der Waals surface area contributed by atoms with Gasteiger partial charge in [0.05, 0.1) is 42.7 Å². The smallest absolute Gasteiger partial charge is 0.297 e. The van der Waals surface area contributed by atoms with Crippen LogP contribution >= 0.6 is 0 Å². The molecule has 0 amide bonds. The van der Waals surface area contributed by atoms with Crippen molar-refractivity contribution in [1.82, 2.24) is 0 Å². The first-order chi connectivity index (χ1) is 14.1. The summed E-state index contributed by atoms with van der Waals surface area (Å²) in [7, 11) is 8.68. The summed E-state index contributed by atoms with van der Waals surface area (Å²) < 4.78 is 38.6. The number of hydrogen-bond donors (Lipinski definition) is 0. The SMILES string of the molecule is COc1ccccc1-c1c(OC)oc2c(OC)c(OC)c(OC)c(OC)c2c1=O. The molecule has 0 atom stereocenters. The minimum Gasteiger partial charge on any atom is -0.496 e. The van der Waals surface area contributed by atoms with E-state index >= 15 is 0 Å². The van der Waals surface area contributed by atoms with E-state index in [1.807, 2.05) is 0 Å². The normalized spacial score (nSPS) is 10.6. The lowest BCUT2D eigenvalue weighted by molar-refractivity contribution is 0.292. The fraction of sp³-hybridized carbons (Fsp3) is 0.286. The van der Waals surface area contributed by atoms with Crippen molar-refractivity contribution in [3.63, 3.8) is 0 Å². The first kappa shape index (κ1) is 20.2. The van der Waals surface area contributed by atoms with E-state index in [-0.39, 0.29) is 45.5 Å². The van der Waals surface area contributed by atoms with Gasteiger partial charge in [0.15, 0.2) is 11.3 Å². The lowest BCUT2D eigenvalue weighted by atomic mass is 10.0. The molecule has 3 rings (SSSR count). The average Bonchev–Trinajstić information content (AvgIpc) is 2.76. The lowest BCUT2D eigenvalue weighted by Crippen LogP contribution is -2.11. The predicted molar refractivity (Wildman–Crippen MR) is 107 cm³/mol. The van der Waals surface area contributed by atoms with Gasteiger partial charge in [-0.1, -0.05) is 18.2 Å². The summed E-state index contributed by atoms with van der Waals surface area (Å²) in [5, 5.41) is 0.128. The van der Waals surface area contributed by atoms with Crippen LogP contribution in [0, 0.1) is 0 Å². The summed E-state index contributed by atoms with van der Waals surface area (Å²) in [5.74, 6) is 1.27. The Morgan fingerprint density at radius 1 is 0.690 bits per heavy atom. The van der Waals surface area contributed by atoms with Crippen molar-refractivity contribution >= 4 is 11.0 Å². The number of ether oxygens (including phenoxy) is 6.